The Morgan fingerprint density at radius 1 is 1.16 bits per heavy atom. The highest BCUT2D eigenvalue weighted by Gasteiger charge is 2.14. The monoisotopic (exact) mass is 358 g/mol. The van der Waals surface area contributed by atoms with E-state index in [-0.39, 0.29) is 10.6 Å². The average Bonchev–Trinajstić information content (AvgIpc) is 2.32. The van der Waals surface area contributed by atoms with E-state index >= 15 is 0 Å². The first-order chi connectivity index (χ1) is 8.97. The lowest BCUT2D eigenvalue weighted by atomic mass is 10.2. The van der Waals surface area contributed by atoms with Crippen molar-refractivity contribution in [1.82, 2.24) is 0 Å². The third kappa shape index (κ3) is 3.50. The Bertz CT molecular complexity index is 641. The van der Waals surface area contributed by atoms with Crippen molar-refractivity contribution in [3.05, 3.63) is 62.0 Å². The van der Waals surface area contributed by atoms with Gasteiger partial charge in [-0.15, -0.1) is 0 Å². The summed E-state index contributed by atoms with van der Waals surface area (Å²) in [6.45, 7) is 1.86. The second-order valence-corrected chi connectivity index (χ2v) is 5.68. The third-order valence-corrected chi connectivity index (χ3v) is 3.53. The van der Waals surface area contributed by atoms with Crippen LogP contribution in [-0.2, 0) is 0 Å². The van der Waals surface area contributed by atoms with Crippen LogP contribution < -0.4 is 4.74 Å². The van der Waals surface area contributed by atoms with E-state index < -0.39 is 5.97 Å². The van der Waals surface area contributed by atoms with E-state index in [1.807, 2.05) is 13.0 Å². The fourth-order valence-corrected chi connectivity index (χ4v) is 2.50. The standard InChI is InChI=1S/C14H9BrCl2O2/c1-8-6-9(15)2-5-13(8)19-14(18)11-4-3-10(16)7-12(11)17/h2-7H,1H3. The molecule has 2 aromatic rings. The molecule has 98 valence electrons. The minimum atomic E-state index is -0.507. The van der Waals surface area contributed by atoms with Gasteiger partial charge in [-0.05, 0) is 48.9 Å². The molecule has 0 heterocycles. The van der Waals surface area contributed by atoms with Gasteiger partial charge >= 0.3 is 5.97 Å². The van der Waals surface area contributed by atoms with E-state index in [0.717, 1.165) is 10.0 Å². The molecule has 0 radical (unpaired) electrons. The largest absolute Gasteiger partial charge is 0.423 e. The van der Waals surface area contributed by atoms with Crippen molar-refractivity contribution in [3.8, 4) is 5.75 Å². The summed E-state index contributed by atoms with van der Waals surface area (Å²) >= 11 is 15.1. The van der Waals surface area contributed by atoms with Crippen LogP contribution in [0.2, 0.25) is 10.0 Å². The number of hydrogen-bond donors (Lipinski definition) is 0. The topological polar surface area (TPSA) is 26.3 Å². The number of esters is 1. The molecule has 0 amide bonds. The molecule has 19 heavy (non-hydrogen) atoms. The Morgan fingerprint density at radius 2 is 1.89 bits per heavy atom. The molecule has 0 saturated heterocycles. The fraction of sp³-hybridized carbons (Fsp3) is 0.0714. The van der Waals surface area contributed by atoms with Gasteiger partial charge < -0.3 is 4.74 Å². The Kier molecular flexibility index (Phi) is 4.50. The van der Waals surface area contributed by atoms with E-state index in [9.17, 15) is 4.79 Å². The van der Waals surface area contributed by atoms with Gasteiger partial charge in [0, 0.05) is 9.50 Å². The maximum absolute atomic E-state index is 12.0. The van der Waals surface area contributed by atoms with Crippen molar-refractivity contribution >= 4 is 45.1 Å². The molecule has 0 aliphatic carbocycles. The number of rotatable bonds is 2. The van der Waals surface area contributed by atoms with Crippen LogP contribution in [0.1, 0.15) is 15.9 Å². The molecule has 0 saturated carbocycles. The van der Waals surface area contributed by atoms with Crippen molar-refractivity contribution in [3.63, 3.8) is 0 Å². The van der Waals surface area contributed by atoms with E-state index in [1.165, 1.54) is 6.07 Å². The SMILES string of the molecule is Cc1cc(Br)ccc1OC(=O)c1ccc(Cl)cc1Cl. The minimum absolute atomic E-state index is 0.271. The minimum Gasteiger partial charge on any atom is -0.423 e. The highest BCUT2D eigenvalue weighted by Crippen LogP contribution is 2.25. The van der Waals surface area contributed by atoms with Crippen molar-refractivity contribution in [2.24, 2.45) is 0 Å². The molecule has 0 N–H and O–H groups in total. The van der Waals surface area contributed by atoms with E-state index in [4.69, 9.17) is 27.9 Å². The van der Waals surface area contributed by atoms with Gasteiger partial charge in [0.2, 0.25) is 0 Å². The molecule has 0 bridgehead atoms. The predicted molar refractivity (Wildman–Crippen MR) is 80.3 cm³/mol. The highest BCUT2D eigenvalue weighted by atomic mass is 79.9. The number of halogens is 3. The van der Waals surface area contributed by atoms with Crippen molar-refractivity contribution in [2.45, 2.75) is 6.92 Å². The summed E-state index contributed by atoms with van der Waals surface area (Å²) in [4.78, 5) is 12.0. The number of aryl methyl sites for hydroxylation is 1. The van der Waals surface area contributed by atoms with E-state index in [2.05, 4.69) is 15.9 Å². The molecule has 0 unspecified atom stereocenters. The van der Waals surface area contributed by atoms with Crippen LogP contribution in [-0.4, -0.2) is 5.97 Å². The van der Waals surface area contributed by atoms with Gasteiger partial charge in [-0.2, -0.15) is 0 Å². The second-order valence-electron chi connectivity index (χ2n) is 3.92. The maximum atomic E-state index is 12.0. The summed E-state index contributed by atoms with van der Waals surface area (Å²) in [6.07, 6.45) is 0. The van der Waals surface area contributed by atoms with Crippen LogP contribution in [0.5, 0.6) is 5.75 Å². The predicted octanol–water partition coefficient (Wildman–Crippen LogP) is 5.28. The summed E-state index contributed by atoms with van der Waals surface area (Å²) in [5.41, 5.74) is 1.14. The van der Waals surface area contributed by atoms with Gasteiger partial charge in [0.15, 0.2) is 0 Å². The number of carbonyl (C=O) groups excluding carboxylic acids is 1. The lowest BCUT2D eigenvalue weighted by Crippen LogP contribution is -2.09. The number of hydrogen-bond acceptors (Lipinski definition) is 2. The summed E-state index contributed by atoms with van der Waals surface area (Å²) in [7, 11) is 0. The summed E-state index contributed by atoms with van der Waals surface area (Å²) in [6, 6.07) is 10.0. The Morgan fingerprint density at radius 3 is 2.53 bits per heavy atom. The molecular weight excluding hydrogens is 351 g/mol. The average molecular weight is 360 g/mol. The van der Waals surface area contributed by atoms with Crippen molar-refractivity contribution in [1.29, 1.82) is 0 Å². The maximum Gasteiger partial charge on any atom is 0.345 e. The molecular formula is C14H9BrCl2O2. The van der Waals surface area contributed by atoms with Crippen molar-refractivity contribution < 1.29 is 9.53 Å². The lowest BCUT2D eigenvalue weighted by Gasteiger charge is -2.08. The molecule has 0 spiro atoms. The van der Waals surface area contributed by atoms with Crippen LogP contribution in [0.4, 0.5) is 0 Å². The van der Waals surface area contributed by atoms with Gasteiger partial charge in [0.25, 0.3) is 0 Å². The molecule has 0 aromatic heterocycles. The zero-order chi connectivity index (χ0) is 14.0. The van der Waals surface area contributed by atoms with E-state index in [0.29, 0.717) is 10.8 Å². The Balaban J connectivity index is 2.25. The first-order valence-corrected chi connectivity index (χ1v) is 6.95. The molecule has 0 aliphatic rings. The smallest absolute Gasteiger partial charge is 0.345 e. The van der Waals surface area contributed by atoms with Crippen molar-refractivity contribution in [2.75, 3.05) is 0 Å². The van der Waals surface area contributed by atoms with Crippen LogP contribution in [0.15, 0.2) is 40.9 Å². The number of carbonyl (C=O) groups is 1. The number of benzene rings is 2. The molecule has 2 aromatic carbocycles. The first kappa shape index (κ1) is 14.4. The Labute approximate surface area is 129 Å². The van der Waals surface area contributed by atoms with Gasteiger partial charge in [-0.3, -0.25) is 0 Å². The van der Waals surface area contributed by atoms with E-state index in [1.54, 1.807) is 24.3 Å². The third-order valence-electron chi connectivity index (χ3n) is 2.49. The number of ether oxygens (including phenoxy) is 1. The molecule has 2 nitrogen and oxygen atoms in total. The van der Waals surface area contributed by atoms with Gasteiger partial charge in [0.1, 0.15) is 5.75 Å². The lowest BCUT2D eigenvalue weighted by molar-refractivity contribution is 0.0733. The zero-order valence-corrected chi connectivity index (χ0v) is 13.0. The summed E-state index contributed by atoms with van der Waals surface area (Å²) < 4.78 is 6.24. The molecule has 0 fully saturated rings. The summed E-state index contributed by atoms with van der Waals surface area (Å²) in [5, 5.41) is 0.744. The van der Waals surface area contributed by atoms with Gasteiger partial charge in [-0.1, -0.05) is 39.1 Å². The molecule has 5 heteroatoms. The van der Waals surface area contributed by atoms with Crippen LogP contribution in [0.3, 0.4) is 0 Å². The highest BCUT2D eigenvalue weighted by molar-refractivity contribution is 9.10. The van der Waals surface area contributed by atoms with Crippen LogP contribution in [0.25, 0.3) is 0 Å². The first-order valence-electron chi connectivity index (χ1n) is 5.41. The Hall–Kier alpha value is -1.03. The van der Waals surface area contributed by atoms with Crippen LogP contribution in [0, 0.1) is 6.92 Å². The quantitative estimate of drug-likeness (QED) is 0.538. The van der Waals surface area contributed by atoms with Crippen LogP contribution >= 0.6 is 39.1 Å². The second kappa shape index (κ2) is 5.95. The fourth-order valence-electron chi connectivity index (χ4n) is 1.54. The summed E-state index contributed by atoms with van der Waals surface area (Å²) in [5.74, 6) is -0.00805. The van der Waals surface area contributed by atoms with Gasteiger partial charge in [-0.25, -0.2) is 4.79 Å². The van der Waals surface area contributed by atoms with Gasteiger partial charge in [0.05, 0.1) is 10.6 Å². The normalized spacial score (nSPS) is 10.3. The molecule has 2 rings (SSSR count). The molecule has 0 atom stereocenters. The molecule has 0 aliphatic heterocycles. The zero-order valence-electron chi connectivity index (χ0n) is 9.91.